The molecule has 4 N–H and O–H groups in total. The summed E-state index contributed by atoms with van der Waals surface area (Å²) in [6, 6.07) is -0.728. The Kier molecular flexibility index (Phi) is 7.50. The van der Waals surface area contributed by atoms with Gasteiger partial charge in [0.15, 0.2) is 0 Å². The average molecular weight is 259 g/mol. The summed E-state index contributed by atoms with van der Waals surface area (Å²) in [6.45, 7) is 3.68. The van der Waals surface area contributed by atoms with Gasteiger partial charge in [0.05, 0.1) is 0 Å². The molecule has 0 atom stereocenters. The minimum Gasteiger partial charge on any atom is -0.480 e. The number of hydrogen-bond donors (Lipinski definition) is 3. The molecule has 18 heavy (non-hydrogen) atoms. The third-order valence-electron chi connectivity index (χ3n) is 2.37. The molecule has 0 spiro atoms. The van der Waals surface area contributed by atoms with Gasteiger partial charge in [-0.15, -0.1) is 0 Å². The number of nitrogens with two attached hydrogens (primary N) is 1. The van der Waals surface area contributed by atoms with Gasteiger partial charge in [0.2, 0.25) is 5.91 Å². The number of carbonyl (C=O) groups excluding carboxylic acids is 2. The van der Waals surface area contributed by atoms with E-state index in [0.29, 0.717) is 19.4 Å². The lowest BCUT2D eigenvalue weighted by atomic mass is 10.2. The smallest absolute Gasteiger partial charge is 0.323 e. The average Bonchev–Trinajstić information content (AvgIpc) is 2.24. The fraction of sp³-hybridized carbons (Fsp3) is 0.727. The highest BCUT2D eigenvalue weighted by atomic mass is 16.4. The first-order valence-corrected chi connectivity index (χ1v) is 5.89. The van der Waals surface area contributed by atoms with Gasteiger partial charge in [0.1, 0.15) is 6.54 Å². The van der Waals surface area contributed by atoms with Crippen molar-refractivity contribution in [2.75, 3.05) is 13.1 Å². The molecule has 0 saturated heterocycles. The normalized spacial score (nSPS) is 10.2. The van der Waals surface area contributed by atoms with Crippen molar-refractivity contribution in [3.63, 3.8) is 0 Å². The molecular weight excluding hydrogens is 238 g/mol. The Balaban J connectivity index is 3.96. The van der Waals surface area contributed by atoms with Crippen LogP contribution in [-0.4, -0.2) is 47.0 Å². The topological polar surface area (TPSA) is 113 Å². The third kappa shape index (κ3) is 7.48. The van der Waals surface area contributed by atoms with Crippen molar-refractivity contribution in [1.82, 2.24) is 10.2 Å². The fourth-order valence-corrected chi connectivity index (χ4v) is 1.46. The van der Waals surface area contributed by atoms with Crippen LogP contribution in [0.4, 0.5) is 4.79 Å². The summed E-state index contributed by atoms with van der Waals surface area (Å²) in [7, 11) is 0. The standard InChI is InChI=1S/C11H21N3O4/c1-8(2)14(7-10(16)17)9(15)5-3-4-6-13-11(12)18/h8H,3-7H2,1-2H3,(H,16,17)(H3,12,13,18). The second-order valence-corrected chi connectivity index (χ2v) is 4.26. The summed E-state index contributed by atoms with van der Waals surface area (Å²) in [6.07, 6.45) is 1.49. The zero-order valence-electron chi connectivity index (χ0n) is 10.8. The van der Waals surface area contributed by atoms with Crippen LogP contribution < -0.4 is 11.1 Å². The summed E-state index contributed by atoms with van der Waals surface area (Å²) < 4.78 is 0. The van der Waals surface area contributed by atoms with Crippen LogP contribution in [0.1, 0.15) is 33.1 Å². The van der Waals surface area contributed by atoms with Gasteiger partial charge in [0, 0.05) is 19.0 Å². The van der Waals surface area contributed by atoms with E-state index in [1.54, 1.807) is 13.8 Å². The highest BCUT2D eigenvalue weighted by molar-refractivity contribution is 5.81. The second kappa shape index (κ2) is 8.32. The lowest BCUT2D eigenvalue weighted by Crippen LogP contribution is -2.40. The number of urea groups is 1. The number of amides is 3. The molecule has 0 aromatic heterocycles. The first-order chi connectivity index (χ1) is 8.34. The molecule has 0 aliphatic rings. The zero-order chi connectivity index (χ0) is 14.1. The number of unbranched alkanes of at least 4 members (excludes halogenated alkanes) is 1. The molecule has 0 saturated carbocycles. The molecule has 0 bridgehead atoms. The zero-order valence-corrected chi connectivity index (χ0v) is 10.8. The molecule has 0 radical (unpaired) electrons. The van der Waals surface area contributed by atoms with Gasteiger partial charge in [-0.05, 0) is 26.7 Å². The molecule has 0 rings (SSSR count). The van der Waals surface area contributed by atoms with Gasteiger partial charge in [0.25, 0.3) is 0 Å². The number of carboxylic acids is 1. The maximum atomic E-state index is 11.8. The number of carboxylic acid groups (broad SMARTS) is 1. The van der Waals surface area contributed by atoms with E-state index < -0.39 is 12.0 Å². The Morgan fingerprint density at radius 3 is 2.33 bits per heavy atom. The van der Waals surface area contributed by atoms with Crippen molar-refractivity contribution in [2.24, 2.45) is 5.73 Å². The van der Waals surface area contributed by atoms with E-state index in [1.807, 2.05) is 0 Å². The maximum absolute atomic E-state index is 11.8. The molecule has 7 heteroatoms. The van der Waals surface area contributed by atoms with Crippen LogP contribution in [0.25, 0.3) is 0 Å². The second-order valence-electron chi connectivity index (χ2n) is 4.26. The Bertz CT molecular complexity index is 305. The van der Waals surface area contributed by atoms with Gasteiger partial charge in [-0.25, -0.2) is 4.79 Å². The Hall–Kier alpha value is -1.79. The van der Waals surface area contributed by atoms with Crippen molar-refractivity contribution >= 4 is 17.9 Å². The Morgan fingerprint density at radius 2 is 1.89 bits per heavy atom. The van der Waals surface area contributed by atoms with Crippen LogP contribution in [0, 0.1) is 0 Å². The summed E-state index contributed by atoms with van der Waals surface area (Å²) in [5, 5.41) is 11.1. The van der Waals surface area contributed by atoms with Crippen LogP contribution in [0.5, 0.6) is 0 Å². The number of carbonyl (C=O) groups is 3. The minimum atomic E-state index is -1.02. The molecule has 0 heterocycles. The van der Waals surface area contributed by atoms with Gasteiger partial charge >= 0.3 is 12.0 Å². The minimum absolute atomic E-state index is 0.141. The van der Waals surface area contributed by atoms with Gasteiger partial charge < -0.3 is 21.1 Å². The molecule has 3 amide bonds. The van der Waals surface area contributed by atoms with Crippen molar-refractivity contribution in [1.29, 1.82) is 0 Å². The van der Waals surface area contributed by atoms with E-state index >= 15 is 0 Å². The van der Waals surface area contributed by atoms with Crippen LogP contribution in [-0.2, 0) is 9.59 Å². The molecule has 0 aromatic carbocycles. The van der Waals surface area contributed by atoms with Gasteiger partial charge in [-0.3, -0.25) is 9.59 Å². The van der Waals surface area contributed by atoms with Crippen LogP contribution in [0.15, 0.2) is 0 Å². The fourth-order valence-electron chi connectivity index (χ4n) is 1.46. The summed E-state index contributed by atoms with van der Waals surface area (Å²) >= 11 is 0. The van der Waals surface area contributed by atoms with Gasteiger partial charge in [-0.1, -0.05) is 0 Å². The molecule has 0 unspecified atom stereocenters. The van der Waals surface area contributed by atoms with Crippen molar-refractivity contribution < 1.29 is 19.5 Å². The van der Waals surface area contributed by atoms with Gasteiger partial charge in [-0.2, -0.15) is 0 Å². The predicted octanol–water partition coefficient (Wildman–Crippen LogP) is 0.147. The predicted molar refractivity (Wildman–Crippen MR) is 65.9 cm³/mol. The third-order valence-corrected chi connectivity index (χ3v) is 2.37. The molecule has 104 valence electrons. The number of hydrogen-bond acceptors (Lipinski definition) is 3. The van der Waals surface area contributed by atoms with Crippen molar-refractivity contribution in [3.8, 4) is 0 Å². The number of primary amides is 1. The monoisotopic (exact) mass is 259 g/mol. The van der Waals surface area contributed by atoms with E-state index in [1.165, 1.54) is 4.90 Å². The lowest BCUT2D eigenvalue weighted by molar-refractivity contribution is -0.145. The first-order valence-electron chi connectivity index (χ1n) is 5.89. The number of rotatable bonds is 8. The molecular formula is C11H21N3O4. The quantitative estimate of drug-likeness (QED) is 0.538. The highest BCUT2D eigenvalue weighted by Crippen LogP contribution is 2.05. The van der Waals surface area contributed by atoms with Crippen LogP contribution >= 0.6 is 0 Å². The maximum Gasteiger partial charge on any atom is 0.323 e. The largest absolute Gasteiger partial charge is 0.480 e. The van der Waals surface area contributed by atoms with E-state index in [2.05, 4.69) is 5.32 Å². The number of nitrogens with zero attached hydrogens (tertiary/aromatic N) is 1. The summed E-state index contributed by atoms with van der Waals surface area (Å²) in [5.41, 5.74) is 4.89. The van der Waals surface area contributed by atoms with Crippen LogP contribution in [0.2, 0.25) is 0 Å². The summed E-state index contributed by atoms with van der Waals surface area (Å²) in [5.74, 6) is -1.21. The number of nitrogens with one attached hydrogen (secondary N) is 1. The molecule has 0 aromatic rings. The van der Waals surface area contributed by atoms with E-state index in [9.17, 15) is 14.4 Å². The van der Waals surface area contributed by atoms with Crippen molar-refractivity contribution in [3.05, 3.63) is 0 Å². The molecule has 0 aliphatic heterocycles. The molecule has 0 fully saturated rings. The van der Waals surface area contributed by atoms with E-state index in [0.717, 1.165) is 0 Å². The number of aliphatic carboxylic acids is 1. The lowest BCUT2D eigenvalue weighted by Gasteiger charge is -2.24. The Morgan fingerprint density at radius 1 is 1.28 bits per heavy atom. The van der Waals surface area contributed by atoms with E-state index in [-0.39, 0.29) is 24.9 Å². The highest BCUT2D eigenvalue weighted by Gasteiger charge is 2.18. The van der Waals surface area contributed by atoms with E-state index in [4.69, 9.17) is 10.8 Å². The Labute approximate surface area is 106 Å². The molecule has 7 nitrogen and oxygen atoms in total. The van der Waals surface area contributed by atoms with Crippen molar-refractivity contribution in [2.45, 2.75) is 39.2 Å². The SMILES string of the molecule is CC(C)N(CC(=O)O)C(=O)CCCCNC(N)=O. The summed E-state index contributed by atoms with van der Waals surface area (Å²) in [4.78, 5) is 34.1. The molecule has 0 aliphatic carbocycles. The first kappa shape index (κ1) is 16.2. The van der Waals surface area contributed by atoms with Crippen LogP contribution in [0.3, 0.4) is 0 Å².